The minimum absolute atomic E-state index is 0.110. The van der Waals surface area contributed by atoms with E-state index in [1.54, 1.807) is 30.3 Å². The molecular weight excluding hydrogens is 350 g/mol. The van der Waals surface area contributed by atoms with Crippen LogP contribution in [-0.4, -0.2) is 19.5 Å². The lowest BCUT2D eigenvalue weighted by Gasteiger charge is -2.18. The standard InChI is InChI=1S/C20H19NO4S/c1-14-5-4-8-17(11-14)19(13-20(22)23)21-26(24,25)18-10-9-15-6-2-3-7-16(15)12-18/h2-12,19,21H,13H2,1H3,(H,22,23). The third-order valence-electron chi connectivity index (χ3n) is 4.15. The van der Waals surface area contributed by atoms with Crippen molar-refractivity contribution in [2.45, 2.75) is 24.3 Å². The Morgan fingerprint density at radius 1 is 1.00 bits per heavy atom. The molecule has 26 heavy (non-hydrogen) atoms. The van der Waals surface area contributed by atoms with Crippen LogP contribution in [0.5, 0.6) is 0 Å². The first-order chi connectivity index (χ1) is 12.3. The van der Waals surface area contributed by atoms with E-state index in [-0.39, 0.29) is 11.3 Å². The van der Waals surface area contributed by atoms with Crippen LogP contribution in [0.2, 0.25) is 0 Å². The molecule has 0 aliphatic rings. The Morgan fingerprint density at radius 3 is 2.42 bits per heavy atom. The summed E-state index contributed by atoms with van der Waals surface area (Å²) in [4.78, 5) is 11.3. The number of benzene rings is 3. The van der Waals surface area contributed by atoms with E-state index < -0.39 is 22.0 Å². The van der Waals surface area contributed by atoms with Gasteiger partial charge in [0.05, 0.1) is 17.4 Å². The quantitative estimate of drug-likeness (QED) is 0.695. The number of hydrogen-bond acceptors (Lipinski definition) is 3. The SMILES string of the molecule is Cc1cccc(C(CC(=O)O)NS(=O)(=O)c2ccc3ccccc3c2)c1. The average Bonchev–Trinajstić information content (AvgIpc) is 2.60. The highest BCUT2D eigenvalue weighted by atomic mass is 32.2. The van der Waals surface area contributed by atoms with Crippen LogP contribution in [0.3, 0.4) is 0 Å². The number of nitrogens with one attached hydrogen (secondary N) is 1. The second-order valence-electron chi connectivity index (χ2n) is 6.19. The fraction of sp³-hybridized carbons (Fsp3) is 0.150. The van der Waals surface area contributed by atoms with Crippen LogP contribution < -0.4 is 4.72 Å². The van der Waals surface area contributed by atoms with Crippen LogP contribution in [0.25, 0.3) is 10.8 Å². The van der Waals surface area contributed by atoms with E-state index in [9.17, 15) is 18.3 Å². The molecule has 0 fully saturated rings. The van der Waals surface area contributed by atoms with E-state index in [1.807, 2.05) is 37.3 Å². The van der Waals surface area contributed by atoms with E-state index in [2.05, 4.69) is 4.72 Å². The number of sulfonamides is 1. The summed E-state index contributed by atoms with van der Waals surface area (Å²) in [7, 11) is -3.87. The fourth-order valence-corrected chi connectivity index (χ4v) is 4.14. The third kappa shape index (κ3) is 4.09. The lowest BCUT2D eigenvalue weighted by Crippen LogP contribution is -2.30. The van der Waals surface area contributed by atoms with Gasteiger partial charge >= 0.3 is 5.97 Å². The summed E-state index contributed by atoms with van der Waals surface area (Å²) in [6, 6.07) is 18.6. The zero-order valence-electron chi connectivity index (χ0n) is 14.2. The number of aliphatic carboxylic acids is 1. The van der Waals surface area contributed by atoms with Gasteiger partial charge in [-0.05, 0) is 35.4 Å². The molecule has 0 bridgehead atoms. The van der Waals surface area contributed by atoms with E-state index in [4.69, 9.17) is 0 Å². The maximum atomic E-state index is 12.8. The maximum Gasteiger partial charge on any atom is 0.305 e. The van der Waals surface area contributed by atoms with Crippen molar-refractivity contribution in [3.05, 3.63) is 77.9 Å². The van der Waals surface area contributed by atoms with E-state index in [0.29, 0.717) is 5.56 Å². The molecule has 0 heterocycles. The fourth-order valence-electron chi connectivity index (χ4n) is 2.88. The summed E-state index contributed by atoms with van der Waals surface area (Å²) in [6.07, 6.45) is -0.337. The molecule has 0 radical (unpaired) electrons. The number of carboxylic acids is 1. The molecule has 1 unspecified atom stereocenters. The van der Waals surface area contributed by atoms with Gasteiger partial charge in [-0.1, -0.05) is 60.2 Å². The second kappa shape index (κ2) is 7.27. The molecule has 3 aromatic carbocycles. The number of carbonyl (C=O) groups is 1. The number of fused-ring (bicyclic) bond motifs is 1. The van der Waals surface area contributed by atoms with E-state index in [1.165, 1.54) is 6.07 Å². The molecule has 2 N–H and O–H groups in total. The molecule has 5 nitrogen and oxygen atoms in total. The molecule has 1 atom stereocenters. The van der Waals surface area contributed by atoms with Crippen molar-refractivity contribution in [2.24, 2.45) is 0 Å². The van der Waals surface area contributed by atoms with Gasteiger partial charge in [-0.3, -0.25) is 4.79 Å². The van der Waals surface area contributed by atoms with Crippen LogP contribution in [-0.2, 0) is 14.8 Å². The molecule has 0 aliphatic carbocycles. The number of hydrogen-bond donors (Lipinski definition) is 2. The molecule has 0 aromatic heterocycles. The van der Waals surface area contributed by atoms with Gasteiger partial charge in [-0.25, -0.2) is 13.1 Å². The number of aryl methyl sites for hydroxylation is 1. The zero-order chi connectivity index (χ0) is 18.7. The zero-order valence-corrected chi connectivity index (χ0v) is 15.0. The molecule has 0 saturated carbocycles. The Labute approximate surface area is 152 Å². The Kier molecular flexibility index (Phi) is 5.06. The molecule has 3 rings (SSSR count). The van der Waals surface area contributed by atoms with Gasteiger partial charge in [0.1, 0.15) is 0 Å². The third-order valence-corrected chi connectivity index (χ3v) is 5.62. The van der Waals surface area contributed by atoms with Gasteiger partial charge in [0.15, 0.2) is 0 Å². The second-order valence-corrected chi connectivity index (χ2v) is 7.91. The molecule has 0 spiro atoms. The highest BCUT2D eigenvalue weighted by Gasteiger charge is 2.24. The predicted octanol–water partition coefficient (Wildman–Crippen LogP) is 3.64. The van der Waals surface area contributed by atoms with Gasteiger partial charge < -0.3 is 5.11 Å². The summed E-state index contributed by atoms with van der Waals surface area (Å²) >= 11 is 0. The van der Waals surface area contributed by atoms with Crippen LogP contribution in [0.15, 0.2) is 71.6 Å². The van der Waals surface area contributed by atoms with Crippen molar-refractivity contribution in [1.82, 2.24) is 4.72 Å². The van der Waals surface area contributed by atoms with Crippen LogP contribution in [0, 0.1) is 6.92 Å². The van der Waals surface area contributed by atoms with Gasteiger partial charge in [0.25, 0.3) is 0 Å². The summed E-state index contributed by atoms with van der Waals surface area (Å²) in [6.45, 7) is 1.87. The lowest BCUT2D eigenvalue weighted by molar-refractivity contribution is -0.137. The predicted molar refractivity (Wildman–Crippen MR) is 100 cm³/mol. The van der Waals surface area contributed by atoms with Gasteiger partial charge in [0.2, 0.25) is 10.0 Å². The summed E-state index contributed by atoms with van der Waals surface area (Å²) in [5.74, 6) is -1.07. The lowest BCUT2D eigenvalue weighted by atomic mass is 10.0. The van der Waals surface area contributed by atoms with Crippen molar-refractivity contribution in [1.29, 1.82) is 0 Å². The normalized spacial score (nSPS) is 12.8. The van der Waals surface area contributed by atoms with Crippen molar-refractivity contribution >= 4 is 26.8 Å². The molecule has 134 valence electrons. The smallest absolute Gasteiger partial charge is 0.305 e. The molecule has 0 aliphatic heterocycles. The summed E-state index contributed by atoms with van der Waals surface area (Å²) in [5.41, 5.74) is 1.56. The average molecular weight is 369 g/mol. The first kappa shape index (κ1) is 18.1. The first-order valence-electron chi connectivity index (χ1n) is 8.15. The number of carboxylic acid groups (broad SMARTS) is 1. The Balaban J connectivity index is 1.96. The van der Waals surface area contributed by atoms with Gasteiger partial charge in [-0.2, -0.15) is 0 Å². The van der Waals surface area contributed by atoms with Crippen molar-refractivity contribution in [3.63, 3.8) is 0 Å². The van der Waals surface area contributed by atoms with Crippen LogP contribution >= 0.6 is 0 Å². The Hall–Kier alpha value is -2.70. The molecule has 6 heteroatoms. The minimum Gasteiger partial charge on any atom is -0.481 e. The maximum absolute atomic E-state index is 12.8. The van der Waals surface area contributed by atoms with E-state index in [0.717, 1.165) is 16.3 Å². The van der Waals surface area contributed by atoms with Gasteiger partial charge in [0, 0.05) is 0 Å². The molecular formula is C20H19NO4S. The molecule has 0 saturated heterocycles. The van der Waals surface area contributed by atoms with Crippen molar-refractivity contribution in [2.75, 3.05) is 0 Å². The van der Waals surface area contributed by atoms with Crippen LogP contribution in [0.1, 0.15) is 23.6 Å². The Morgan fingerprint density at radius 2 is 1.73 bits per heavy atom. The van der Waals surface area contributed by atoms with E-state index >= 15 is 0 Å². The van der Waals surface area contributed by atoms with Crippen molar-refractivity contribution < 1.29 is 18.3 Å². The monoisotopic (exact) mass is 369 g/mol. The minimum atomic E-state index is -3.87. The van der Waals surface area contributed by atoms with Gasteiger partial charge in [-0.15, -0.1) is 0 Å². The summed E-state index contributed by atoms with van der Waals surface area (Å²) in [5, 5.41) is 10.9. The molecule has 0 amide bonds. The Bertz CT molecular complexity index is 1060. The first-order valence-corrected chi connectivity index (χ1v) is 9.63. The van der Waals surface area contributed by atoms with Crippen LogP contribution in [0.4, 0.5) is 0 Å². The summed E-state index contributed by atoms with van der Waals surface area (Å²) < 4.78 is 28.2. The highest BCUT2D eigenvalue weighted by Crippen LogP contribution is 2.23. The molecule has 3 aromatic rings. The number of rotatable bonds is 6. The highest BCUT2D eigenvalue weighted by molar-refractivity contribution is 7.89. The van der Waals surface area contributed by atoms with Crippen molar-refractivity contribution in [3.8, 4) is 0 Å². The topological polar surface area (TPSA) is 83.5 Å². The largest absolute Gasteiger partial charge is 0.481 e.